The van der Waals surface area contributed by atoms with Crippen molar-refractivity contribution in [2.24, 2.45) is 0 Å². The zero-order valence-corrected chi connectivity index (χ0v) is 8.59. The third-order valence-corrected chi connectivity index (χ3v) is 2.71. The van der Waals surface area contributed by atoms with Gasteiger partial charge < -0.3 is 16.4 Å². The van der Waals surface area contributed by atoms with Crippen LogP contribution in [0.4, 0.5) is 15.8 Å². The van der Waals surface area contributed by atoms with Crippen molar-refractivity contribution in [2.75, 3.05) is 24.1 Å². The van der Waals surface area contributed by atoms with Gasteiger partial charge in [-0.3, -0.25) is 0 Å². The smallest absolute Gasteiger partial charge is 0.125 e. The van der Waals surface area contributed by atoms with Crippen LogP contribution in [0.1, 0.15) is 12.8 Å². The van der Waals surface area contributed by atoms with Crippen molar-refractivity contribution < 1.29 is 4.39 Å². The van der Waals surface area contributed by atoms with E-state index < -0.39 is 0 Å². The molecule has 0 amide bonds. The molecule has 82 valence electrons. The van der Waals surface area contributed by atoms with Crippen molar-refractivity contribution in [2.45, 2.75) is 18.9 Å². The van der Waals surface area contributed by atoms with Gasteiger partial charge in [0.25, 0.3) is 0 Å². The summed E-state index contributed by atoms with van der Waals surface area (Å²) in [7, 11) is 0. The lowest BCUT2D eigenvalue weighted by Gasteiger charge is -2.25. The predicted octanol–water partition coefficient (Wildman–Crippen LogP) is 1.57. The highest BCUT2D eigenvalue weighted by Crippen LogP contribution is 2.21. The van der Waals surface area contributed by atoms with E-state index in [1.807, 2.05) is 0 Å². The second-order valence-corrected chi connectivity index (χ2v) is 3.90. The van der Waals surface area contributed by atoms with E-state index in [1.54, 1.807) is 6.07 Å². The van der Waals surface area contributed by atoms with E-state index in [2.05, 4.69) is 10.6 Å². The number of benzene rings is 1. The molecular weight excluding hydrogens is 193 g/mol. The number of hydrogen-bond donors (Lipinski definition) is 3. The monoisotopic (exact) mass is 209 g/mol. The fraction of sp³-hybridized carbons (Fsp3) is 0.455. The van der Waals surface area contributed by atoms with Crippen LogP contribution in [0.3, 0.4) is 0 Å². The summed E-state index contributed by atoms with van der Waals surface area (Å²) in [5, 5.41) is 6.64. The van der Waals surface area contributed by atoms with Gasteiger partial charge in [0.15, 0.2) is 0 Å². The number of nitrogens with two attached hydrogens (primary N) is 1. The van der Waals surface area contributed by atoms with Crippen LogP contribution in [-0.4, -0.2) is 19.1 Å². The van der Waals surface area contributed by atoms with Crippen LogP contribution < -0.4 is 16.4 Å². The second-order valence-electron chi connectivity index (χ2n) is 3.90. The van der Waals surface area contributed by atoms with Gasteiger partial charge in [0.2, 0.25) is 0 Å². The number of hydrogen-bond acceptors (Lipinski definition) is 3. The molecule has 4 N–H and O–H groups in total. The van der Waals surface area contributed by atoms with Gasteiger partial charge in [0.05, 0.1) is 11.4 Å². The summed E-state index contributed by atoms with van der Waals surface area (Å²) in [5.74, 6) is -0.289. The molecule has 3 nitrogen and oxygen atoms in total. The molecule has 0 saturated carbocycles. The minimum atomic E-state index is -0.289. The topological polar surface area (TPSA) is 50.1 Å². The maximum Gasteiger partial charge on any atom is 0.125 e. The normalized spacial score (nSPS) is 17.7. The van der Waals surface area contributed by atoms with Crippen molar-refractivity contribution in [3.8, 4) is 0 Å². The average Bonchev–Trinajstić information content (AvgIpc) is 2.24. The number of nitrogens with one attached hydrogen (secondary N) is 2. The molecule has 1 saturated heterocycles. The van der Waals surface area contributed by atoms with Gasteiger partial charge in [0, 0.05) is 6.04 Å². The lowest BCUT2D eigenvalue weighted by atomic mass is 10.1. The fourth-order valence-electron chi connectivity index (χ4n) is 1.85. The highest BCUT2D eigenvalue weighted by Gasteiger charge is 2.13. The van der Waals surface area contributed by atoms with Crippen LogP contribution >= 0.6 is 0 Å². The zero-order valence-electron chi connectivity index (χ0n) is 8.59. The van der Waals surface area contributed by atoms with Crippen LogP contribution in [-0.2, 0) is 0 Å². The molecule has 1 aromatic carbocycles. The largest absolute Gasteiger partial charge is 0.397 e. The molecule has 1 heterocycles. The first-order valence-corrected chi connectivity index (χ1v) is 5.28. The number of halogens is 1. The van der Waals surface area contributed by atoms with Crippen molar-refractivity contribution in [3.05, 3.63) is 24.0 Å². The molecule has 0 bridgehead atoms. The van der Waals surface area contributed by atoms with E-state index in [4.69, 9.17) is 5.73 Å². The molecule has 1 aliphatic heterocycles. The summed E-state index contributed by atoms with van der Waals surface area (Å²) in [6, 6.07) is 4.93. The molecule has 0 spiro atoms. The summed E-state index contributed by atoms with van der Waals surface area (Å²) in [5.41, 5.74) is 7.04. The quantitative estimate of drug-likeness (QED) is 0.648. The molecule has 0 atom stereocenters. The minimum absolute atomic E-state index is 0.289. The Balaban J connectivity index is 2.03. The molecule has 15 heavy (non-hydrogen) atoms. The van der Waals surface area contributed by atoms with Crippen molar-refractivity contribution in [1.29, 1.82) is 0 Å². The first kappa shape index (κ1) is 10.2. The molecule has 0 aliphatic carbocycles. The van der Waals surface area contributed by atoms with Gasteiger partial charge in [-0.25, -0.2) is 4.39 Å². The Labute approximate surface area is 88.9 Å². The fourth-order valence-corrected chi connectivity index (χ4v) is 1.85. The number of piperidine rings is 1. The summed E-state index contributed by atoms with van der Waals surface area (Å²) in [6.45, 7) is 2.05. The first-order chi connectivity index (χ1) is 7.25. The van der Waals surface area contributed by atoms with Crippen LogP contribution in [0.15, 0.2) is 18.2 Å². The van der Waals surface area contributed by atoms with Gasteiger partial charge in [-0.2, -0.15) is 0 Å². The highest BCUT2D eigenvalue weighted by atomic mass is 19.1. The SMILES string of the molecule is Nc1cc(F)ccc1NC1CCNCC1. The predicted molar refractivity (Wildman–Crippen MR) is 60.3 cm³/mol. The van der Waals surface area contributed by atoms with Crippen LogP contribution in [0.2, 0.25) is 0 Å². The van der Waals surface area contributed by atoms with Crippen LogP contribution in [0.5, 0.6) is 0 Å². The van der Waals surface area contributed by atoms with Crippen molar-refractivity contribution in [3.63, 3.8) is 0 Å². The van der Waals surface area contributed by atoms with E-state index in [0.29, 0.717) is 11.7 Å². The Morgan fingerprint density at radius 3 is 2.73 bits per heavy atom. The lowest BCUT2D eigenvalue weighted by molar-refractivity contribution is 0.479. The molecule has 0 unspecified atom stereocenters. The summed E-state index contributed by atoms with van der Waals surface area (Å²) < 4.78 is 12.8. The second kappa shape index (κ2) is 4.49. The van der Waals surface area contributed by atoms with E-state index in [-0.39, 0.29) is 5.82 Å². The van der Waals surface area contributed by atoms with Crippen molar-refractivity contribution in [1.82, 2.24) is 5.32 Å². The first-order valence-electron chi connectivity index (χ1n) is 5.28. The Hall–Kier alpha value is -1.29. The molecule has 0 radical (unpaired) electrons. The number of anilines is 2. The van der Waals surface area contributed by atoms with Gasteiger partial charge in [0.1, 0.15) is 5.82 Å². The molecule has 4 heteroatoms. The molecule has 1 aliphatic rings. The van der Waals surface area contributed by atoms with Gasteiger partial charge in [-0.15, -0.1) is 0 Å². The van der Waals surface area contributed by atoms with Gasteiger partial charge in [-0.05, 0) is 44.1 Å². The third-order valence-electron chi connectivity index (χ3n) is 2.71. The Bertz CT molecular complexity index is 335. The summed E-state index contributed by atoms with van der Waals surface area (Å²) >= 11 is 0. The van der Waals surface area contributed by atoms with Crippen LogP contribution in [0.25, 0.3) is 0 Å². The van der Waals surface area contributed by atoms with E-state index in [1.165, 1.54) is 12.1 Å². The molecule has 0 aromatic heterocycles. The molecular formula is C11H16FN3. The van der Waals surface area contributed by atoms with Gasteiger partial charge in [-0.1, -0.05) is 0 Å². The third kappa shape index (κ3) is 2.59. The molecule has 2 rings (SSSR count). The van der Waals surface area contributed by atoms with Gasteiger partial charge >= 0.3 is 0 Å². The standard InChI is InChI=1S/C11H16FN3/c12-8-1-2-11(10(13)7-8)15-9-3-5-14-6-4-9/h1-2,7,9,14-15H,3-6,13H2. The molecule has 1 fully saturated rings. The van der Waals surface area contributed by atoms with Crippen molar-refractivity contribution >= 4 is 11.4 Å². The Morgan fingerprint density at radius 1 is 1.33 bits per heavy atom. The Morgan fingerprint density at radius 2 is 2.07 bits per heavy atom. The lowest BCUT2D eigenvalue weighted by Crippen LogP contribution is -2.35. The summed E-state index contributed by atoms with van der Waals surface area (Å²) in [6.07, 6.45) is 2.16. The van der Waals surface area contributed by atoms with E-state index >= 15 is 0 Å². The average molecular weight is 209 g/mol. The zero-order chi connectivity index (χ0) is 10.7. The maximum absolute atomic E-state index is 12.8. The number of nitrogen functional groups attached to an aromatic ring is 1. The van der Waals surface area contributed by atoms with E-state index in [0.717, 1.165) is 31.6 Å². The minimum Gasteiger partial charge on any atom is -0.397 e. The summed E-state index contributed by atoms with van der Waals surface area (Å²) in [4.78, 5) is 0. The maximum atomic E-state index is 12.8. The highest BCUT2D eigenvalue weighted by molar-refractivity contribution is 5.66. The van der Waals surface area contributed by atoms with Crippen LogP contribution in [0, 0.1) is 5.82 Å². The molecule has 1 aromatic rings. The Kier molecular flexibility index (Phi) is 3.06. The number of rotatable bonds is 2. The van der Waals surface area contributed by atoms with E-state index in [9.17, 15) is 4.39 Å².